The quantitative estimate of drug-likeness (QED) is 0.298. The normalized spacial score (nSPS) is 11.9. The van der Waals surface area contributed by atoms with E-state index in [4.69, 9.17) is 16.2 Å². The highest BCUT2D eigenvalue weighted by Gasteiger charge is 2.28. The molecule has 0 saturated heterocycles. The van der Waals surface area contributed by atoms with Crippen LogP contribution in [0.3, 0.4) is 0 Å². The van der Waals surface area contributed by atoms with Gasteiger partial charge in [0.1, 0.15) is 0 Å². The van der Waals surface area contributed by atoms with Gasteiger partial charge >= 0.3 is 10.3 Å². The first-order valence-corrected chi connectivity index (χ1v) is 14.3. The van der Waals surface area contributed by atoms with E-state index in [-0.39, 0.29) is 27.3 Å². The molecule has 0 aliphatic heterocycles. The largest absolute Gasteiger partial charge is 0.357 e. The van der Waals surface area contributed by atoms with Crippen molar-refractivity contribution in [2.45, 2.75) is 11.4 Å². The molecule has 8 nitrogen and oxygen atoms in total. The SMILES string of the molecule is O=S(=O)(O)Nc1ccc(CN(c2nc(-c3cccs3)cs2)S(=O)(=O)c2cccc(Cl)c2)cc1. The molecule has 0 atom stereocenters. The maximum absolute atomic E-state index is 13.6. The minimum Gasteiger partial charge on any atom is -0.269 e. The number of thiazole rings is 1. The van der Waals surface area contributed by atoms with Gasteiger partial charge in [-0.15, -0.1) is 22.7 Å². The van der Waals surface area contributed by atoms with Gasteiger partial charge in [0.2, 0.25) is 0 Å². The molecular weight excluding hydrogens is 526 g/mol. The van der Waals surface area contributed by atoms with Crippen molar-refractivity contribution in [3.8, 4) is 10.6 Å². The molecule has 0 amide bonds. The Morgan fingerprint density at radius 1 is 1.00 bits per heavy atom. The lowest BCUT2D eigenvalue weighted by molar-refractivity contribution is 0.489. The van der Waals surface area contributed by atoms with Gasteiger partial charge in [-0.1, -0.05) is 35.9 Å². The van der Waals surface area contributed by atoms with Crippen molar-refractivity contribution in [1.82, 2.24) is 4.98 Å². The standard InChI is InChI=1S/C20H16ClN3O5S4/c21-15-3-1-4-17(11-15)32(25,26)24(20-22-18(13-31-20)19-5-2-10-30-19)12-14-6-8-16(9-7-14)23-33(27,28)29/h1-11,13,23H,12H2,(H,27,28,29). The van der Waals surface area contributed by atoms with Crippen molar-refractivity contribution in [2.24, 2.45) is 0 Å². The highest BCUT2D eigenvalue weighted by Crippen LogP contribution is 2.34. The highest BCUT2D eigenvalue weighted by atomic mass is 35.5. The molecule has 172 valence electrons. The second-order valence-electron chi connectivity index (χ2n) is 6.74. The van der Waals surface area contributed by atoms with E-state index in [9.17, 15) is 16.8 Å². The third-order valence-electron chi connectivity index (χ3n) is 4.39. The van der Waals surface area contributed by atoms with E-state index < -0.39 is 20.3 Å². The van der Waals surface area contributed by atoms with Crippen LogP contribution < -0.4 is 9.03 Å². The van der Waals surface area contributed by atoms with Gasteiger partial charge in [-0.2, -0.15) is 8.42 Å². The molecule has 0 aliphatic rings. The zero-order valence-electron chi connectivity index (χ0n) is 16.6. The summed E-state index contributed by atoms with van der Waals surface area (Å²) in [5.41, 5.74) is 1.39. The molecule has 0 bridgehead atoms. The number of halogens is 1. The zero-order chi connectivity index (χ0) is 23.6. The van der Waals surface area contributed by atoms with Crippen LogP contribution in [-0.4, -0.2) is 26.4 Å². The summed E-state index contributed by atoms with van der Waals surface area (Å²) in [5.74, 6) is 0. The Hall–Kier alpha value is -2.48. The van der Waals surface area contributed by atoms with E-state index in [1.165, 1.54) is 51.2 Å². The fourth-order valence-electron chi connectivity index (χ4n) is 2.92. The maximum Gasteiger partial charge on any atom is 0.357 e. The number of sulfonamides is 1. The molecular formula is C20H16ClN3O5S4. The van der Waals surface area contributed by atoms with E-state index in [0.29, 0.717) is 11.3 Å². The number of benzene rings is 2. The van der Waals surface area contributed by atoms with Gasteiger partial charge in [-0.05, 0) is 47.3 Å². The first-order chi connectivity index (χ1) is 15.6. The summed E-state index contributed by atoms with van der Waals surface area (Å²) in [5, 5.41) is 4.27. The summed E-state index contributed by atoms with van der Waals surface area (Å²) in [7, 11) is -8.43. The molecule has 0 unspecified atom stereocenters. The summed E-state index contributed by atoms with van der Waals surface area (Å²) >= 11 is 8.73. The van der Waals surface area contributed by atoms with Crippen LogP contribution in [0, 0.1) is 0 Å². The van der Waals surface area contributed by atoms with Gasteiger partial charge in [0, 0.05) is 10.4 Å². The number of aromatic nitrogens is 1. The van der Waals surface area contributed by atoms with E-state index in [1.807, 2.05) is 22.2 Å². The second-order valence-corrected chi connectivity index (χ2v) is 12.0. The fraction of sp³-hybridized carbons (Fsp3) is 0.0500. The Balaban J connectivity index is 1.72. The van der Waals surface area contributed by atoms with Gasteiger partial charge in [-0.3, -0.25) is 9.27 Å². The molecule has 2 N–H and O–H groups in total. The fourth-order valence-corrected chi connectivity index (χ4v) is 6.87. The summed E-state index contributed by atoms with van der Waals surface area (Å²) in [6, 6.07) is 15.7. The molecule has 33 heavy (non-hydrogen) atoms. The highest BCUT2D eigenvalue weighted by molar-refractivity contribution is 7.93. The van der Waals surface area contributed by atoms with Crippen LogP contribution in [0.2, 0.25) is 5.02 Å². The Morgan fingerprint density at radius 3 is 2.39 bits per heavy atom. The lowest BCUT2D eigenvalue weighted by Crippen LogP contribution is -2.30. The molecule has 13 heteroatoms. The number of nitrogens with one attached hydrogen (secondary N) is 1. The molecule has 4 rings (SSSR count). The van der Waals surface area contributed by atoms with Gasteiger partial charge in [0.05, 0.1) is 27.7 Å². The van der Waals surface area contributed by atoms with Crippen molar-refractivity contribution in [3.63, 3.8) is 0 Å². The molecule has 0 spiro atoms. The first kappa shape index (κ1) is 23.7. The van der Waals surface area contributed by atoms with Crippen LogP contribution in [0.1, 0.15) is 5.56 Å². The molecule has 4 aromatic rings. The molecule has 0 aliphatic carbocycles. The lowest BCUT2D eigenvalue weighted by Gasteiger charge is -2.22. The summed E-state index contributed by atoms with van der Waals surface area (Å²) in [6.45, 7) is -0.0571. The van der Waals surface area contributed by atoms with Gasteiger partial charge in [0.15, 0.2) is 5.13 Å². The molecule has 2 heterocycles. The van der Waals surface area contributed by atoms with Crippen molar-refractivity contribution in [1.29, 1.82) is 0 Å². The zero-order valence-corrected chi connectivity index (χ0v) is 20.6. The van der Waals surface area contributed by atoms with Crippen molar-refractivity contribution in [2.75, 3.05) is 9.03 Å². The van der Waals surface area contributed by atoms with E-state index in [2.05, 4.69) is 4.98 Å². The average molecular weight is 542 g/mol. The molecule has 2 aromatic carbocycles. The van der Waals surface area contributed by atoms with E-state index in [1.54, 1.807) is 29.6 Å². The minimum atomic E-state index is -4.41. The van der Waals surface area contributed by atoms with Crippen LogP contribution in [0.5, 0.6) is 0 Å². The van der Waals surface area contributed by atoms with Crippen molar-refractivity contribution in [3.05, 3.63) is 82.0 Å². The summed E-state index contributed by atoms with van der Waals surface area (Å²) < 4.78 is 61.2. The van der Waals surface area contributed by atoms with Gasteiger partial charge in [0.25, 0.3) is 10.0 Å². The first-order valence-electron chi connectivity index (χ1n) is 9.24. The van der Waals surface area contributed by atoms with Crippen molar-refractivity contribution >= 4 is 65.4 Å². The smallest absolute Gasteiger partial charge is 0.269 e. The number of thiophene rings is 1. The molecule has 0 fully saturated rings. The summed E-state index contributed by atoms with van der Waals surface area (Å²) in [6.07, 6.45) is 0. The average Bonchev–Trinajstić information content (AvgIpc) is 3.44. The number of hydrogen-bond acceptors (Lipinski definition) is 7. The topological polar surface area (TPSA) is 117 Å². The number of rotatable bonds is 8. The van der Waals surface area contributed by atoms with Crippen LogP contribution >= 0.6 is 34.3 Å². The van der Waals surface area contributed by atoms with E-state index in [0.717, 1.165) is 4.88 Å². The predicted molar refractivity (Wildman–Crippen MR) is 132 cm³/mol. The van der Waals surface area contributed by atoms with Crippen LogP contribution in [-0.2, 0) is 26.9 Å². The number of nitrogens with zero attached hydrogens (tertiary/aromatic N) is 2. The summed E-state index contributed by atoms with van der Waals surface area (Å²) in [4.78, 5) is 5.48. The van der Waals surface area contributed by atoms with E-state index >= 15 is 0 Å². The predicted octanol–water partition coefficient (Wildman–Crippen LogP) is 5.14. The Labute approximate surface area is 204 Å². The number of anilines is 2. The Bertz CT molecular complexity index is 1470. The molecule has 2 aromatic heterocycles. The third kappa shape index (κ3) is 5.72. The van der Waals surface area contributed by atoms with Gasteiger partial charge < -0.3 is 0 Å². The molecule has 0 saturated carbocycles. The minimum absolute atomic E-state index is 0.0209. The monoisotopic (exact) mass is 541 g/mol. The van der Waals surface area contributed by atoms with Crippen LogP contribution in [0.15, 0.2) is 76.3 Å². The molecule has 0 radical (unpaired) electrons. The second kappa shape index (κ2) is 9.41. The van der Waals surface area contributed by atoms with Crippen LogP contribution in [0.25, 0.3) is 10.6 Å². The van der Waals surface area contributed by atoms with Crippen molar-refractivity contribution < 1.29 is 21.4 Å². The Morgan fingerprint density at radius 2 is 1.76 bits per heavy atom. The number of hydrogen-bond donors (Lipinski definition) is 2. The lowest BCUT2D eigenvalue weighted by atomic mass is 10.2. The third-order valence-corrected chi connectivity index (χ3v) is 8.72. The van der Waals surface area contributed by atoms with Gasteiger partial charge in [-0.25, -0.2) is 17.7 Å². The van der Waals surface area contributed by atoms with Crippen LogP contribution in [0.4, 0.5) is 10.8 Å². The maximum atomic E-state index is 13.6. The Kier molecular flexibility index (Phi) is 6.75.